The first-order valence-electron chi connectivity index (χ1n) is 34.1. The molecule has 0 saturated carbocycles. The van der Waals surface area contributed by atoms with Crippen molar-refractivity contribution in [3.05, 3.63) is 381 Å². The molecule has 0 saturated heterocycles. The Labute approximate surface area is 573 Å². The first kappa shape index (κ1) is 58.2. The van der Waals surface area contributed by atoms with Gasteiger partial charge in [0.25, 0.3) is 0 Å². The highest BCUT2D eigenvalue weighted by atomic mass is 15.3. The number of hydrogen-bond acceptors (Lipinski definition) is 3. The lowest BCUT2D eigenvalue weighted by Crippen LogP contribution is -2.39. The third-order valence-electron chi connectivity index (χ3n) is 20.3. The van der Waals surface area contributed by atoms with Crippen LogP contribution in [0.3, 0.4) is 0 Å². The lowest BCUT2D eigenvalue weighted by Gasteiger charge is -2.42. The summed E-state index contributed by atoms with van der Waals surface area (Å²) in [5.74, 6) is 0.980. The zero-order valence-corrected chi connectivity index (χ0v) is 54.6. The Morgan fingerprint density at radius 3 is 1.21 bits per heavy atom. The minimum Gasteiger partial charge on any atom is -0.317 e. The minimum absolute atomic E-state index is 0.0417. The van der Waals surface area contributed by atoms with E-state index in [0.717, 1.165) is 84.0 Å². The van der Waals surface area contributed by atoms with Crippen LogP contribution >= 0.6 is 0 Å². The van der Waals surface area contributed by atoms with Gasteiger partial charge in [0.2, 0.25) is 0 Å². The maximum atomic E-state index is 5.38. The largest absolute Gasteiger partial charge is 0.317 e. The Morgan fingerprint density at radius 2 is 0.694 bits per heavy atom. The Balaban J connectivity index is 0.814. The Morgan fingerprint density at radius 1 is 0.276 bits per heavy atom. The van der Waals surface area contributed by atoms with Crippen LogP contribution in [0.2, 0.25) is 0 Å². The molecular formula is C94H68N4. The van der Waals surface area contributed by atoms with Crippen molar-refractivity contribution >= 4 is 50.4 Å². The molecule has 0 amide bonds. The van der Waals surface area contributed by atoms with Crippen molar-refractivity contribution in [2.45, 2.75) is 31.3 Å². The van der Waals surface area contributed by atoms with Crippen LogP contribution in [0, 0.1) is 0 Å². The van der Waals surface area contributed by atoms with Gasteiger partial charge in [-0.25, -0.2) is 0 Å². The van der Waals surface area contributed by atoms with Crippen LogP contribution in [0.1, 0.15) is 30.5 Å². The number of fused-ring (bicyclic) bond motifs is 6. The number of para-hydroxylation sites is 3. The van der Waals surface area contributed by atoms with Crippen molar-refractivity contribution in [2.75, 3.05) is 9.80 Å². The molecule has 0 fully saturated rings. The normalized spacial score (nSPS) is 15.1. The predicted octanol–water partition coefficient (Wildman–Crippen LogP) is 24.4. The molecule has 14 aromatic carbocycles. The van der Waals surface area contributed by atoms with Gasteiger partial charge in [0.15, 0.2) is 0 Å². The summed E-state index contributed by atoms with van der Waals surface area (Å²) in [4.78, 5) is 10.3. The molecule has 4 heteroatoms. The number of rotatable bonds is 12. The van der Waals surface area contributed by atoms with Crippen molar-refractivity contribution in [1.29, 1.82) is 0 Å². The van der Waals surface area contributed by atoms with E-state index >= 15 is 0 Å². The van der Waals surface area contributed by atoms with Crippen LogP contribution in [0.25, 0.3) is 117 Å². The fraction of sp³-hybridized carbons (Fsp3) is 0.0532. The summed E-state index contributed by atoms with van der Waals surface area (Å²) >= 11 is 0. The molecule has 18 rings (SSSR count). The molecule has 1 aromatic heterocycles. The summed E-state index contributed by atoms with van der Waals surface area (Å²) in [6.45, 7) is 4.80. The van der Waals surface area contributed by atoms with E-state index in [2.05, 4.69) is 392 Å². The van der Waals surface area contributed by atoms with Crippen molar-refractivity contribution in [3.8, 4) is 94.7 Å². The van der Waals surface area contributed by atoms with Crippen LogP contribution < -0.4 is 9.80 Å². The van der Waals surface area contributed by atoms with Gasteiger partial charge < -0.3 is 14.4 Å². The van der Waals surface area contributed by atoms with Crippen LogP contribution in [0.5, 0.6) is 0 Å². The molecule has 0 N–H and O–H groups in total. The van der Waals surface area contributed by atoms with Gasteiger partial charge in [-0.3, -0.25) is 4.99 Å². The van der Waals surface area contributed by atoms with Crippen LogP contribution in [0.15, 0.2) is 369 Å². The molecule has 3 aliphatic rings. The van der Waals surface area contributed by atoms with Gasteiger partial charge in [-0.05, 0) is 228 Å². The smallest absolute Gasteiger partial charge is 0.136 e. The fourth-order valence-corrected chi connectivity index (χ4v) is 15.5. The molecule has 4 nitrogen and oxygen atoms in total. The van der Waals surface area contributed by atoms with E-state index in [0.29, 0.717) is 0 Å². The third kappa shape index (κ3) is 10.4. The Kier molecular flexibility index (Phi) is 14.3. The number of amidine groups is 1. The molecule has 98 heavy (non-hydrogen) atoms. The Hall–Kier alpha value is -12.4. The van der Waals surface area contributed by atoms with Gasteiger partial charge in [-0.1, -0.05) is 250 Å². The van der Waals surface area contributed by atoms with Crippen LogP contribution in [-0.2, 0) is 5.41 Å². The molecular weight excluding hydrogens is 1190 g/mol. The van der Waals surface area contributed by atoms with E-state index in [1.165, 1.54) is 77.8 Å². The summed E-state index contributed by atoms with van der Waals surface area (Å²) in [5, 5.41) is 2.38. The lowest BCUT2D eigenvalue weighted by molar-refractivity contribution is 0.632. The van der Waals surface area contributed by atoms with Gasteiger partial charge in [0.1, 0.15) is 5.84 Å². The fourth-order valence-electron chi connectivity index (χ4n) is 15.5. The number of benzene rings is 14. The first-order chi connectivity index (χ1) is 48.3. The second-order valence-corrected chi connectivity index (χ2v) is 26.7. The van der Waals surface area contributed by atoms with E-state index < -0.39 is 0 Å². The topological polar surface area (TPSA) is 23.8 Å². The van der Waals surface area contributed by atoms with Crippen molar-refractivity contribution in [3.63, 3.8) is 0 Å². The van der Waals surface area contributed by atoms with Crippen molar-refractivity contribution in [1.82, 2.24) is 4.57 Å². The standard InChI is InChI=1S/C94H68N4/c1-94(2)85-41-19-22-44-89(85)96(81-48-46-67(47-49-81)93-95-87-42-20-23-45-90(87)98(93)80-38-16-7-17-39-80)92-61-84-83-40-18-21-43-88(83)97(91(84)62-86(92)94)82-59-78(70-36-24-34-68(50-70)76-54-72(63-26-8-3-9-27-63)52-73(55-76)64-28-10-4-11-29-64)58-79(60-82)71-37-25-35-69(51-71)77-56-74(65-30-12-5-13-31-65)53-75(57-77)66-32-14-6-15-33-66/h3-62,87,90H,1-2H3. The number of aliphatic imine (C=N–C) groups is 1. The predicted molar refractivity (Wildman–Crippen MR) is 412 cm³/mol. The van der Waals surface area contributed by atoms with Gasteiger partial charge in [-0.15, -0.1) is 0 Å². The molecule has 3 heterocycles. The molecule has 2 aliphatic heterocycles. The number of nitrogens with zero attached hydrogens (tertiary/aromatic N) is 4. The summed E-state index contributed by atoms with van der Waals surface area (Å²) in [7, 11) is 0. The quantitative estimate of drug-likeness (QED) is 0.122. The van der Waals surface area contributed by atoms with Gasteiger partial charge in [0.05, 0.1) is 34.5 Å². The molecule has 2 unspecified atom stereocenters. The van der Waals surface area contributed by atoms with Crippen LogP contribution in [0.4, 0.5) is 22.7 Å². The van der Waals surface area contributed by atoms with Gasteiger partial charge >= 0.3 is 0 Å². The second-order valence-electron chi connectivity index (χ2n) is 26.7. The monoisotopic (exact) mass is 1250 g/mol. The average Bonchev–Trinajstić information content (AvgIpc) is 1.37. The zero-order chi connectivity index (χ0) is 65.3. The highest BCUT2D eigenvalue weighted by Gasteiger charge is 2.39. The van der Waals surface area contributed by atoms with Crippen molar-refractivity contribution < 1.29 is 0 Å². The third-order valence-corrected chi connectivity index (χ3v) is 20.3. The lowest BCUT2D eigenvalue weighted by atomic mass is 9.73. The van der Waals surface area contributed by atoms with E-state index in [1.54, 1.807) is 0 Å². The van der Waals surface area contributed by atoms with Crippen LogP contribution in [-0.4, -0.2) is 22.5 Å². The van der Waals surface area contributed by atoms with Gasteiger partial charge in [0, 0.05) is 38.8 Å². The molecule has 0 spiro atoms. The van der Waals surface area contributed by atoms with E-state index in [9.17, 15) is 0 Å². The summed E-state index contributed by atoms with van der Waals surface area (Å²) < 4.78 is 2.54. The van der Waals surface area contributed by atoms with E-state index in [4.69, 9.17) is 4.99 Å². The maximum Gasteiger partial charge on any atom is 0.136 e. The summed E-state index contributed by atoms with van der Waals surface area (Å²) in [5.41, 5.74) is 29.8. The zero-order valence-electron chi connectivity index (χ0n) is 54.6. The first-order valence-corrected chi connectivity index (χ1v) is 34.1. The van der Waals surface area contributed by atoms with E-state index in [-0.39, 0.29) is 17.5 Å². The van der Waals surface area contributed by atoms with Crippen molar-refractivity contribution in [2.24, 2.45) is 4.99 Å². The molecule has 15 aromatic rings. The number of aromatic nitrogens is 1. The Bertz CT molecular complexity index is 5340. The second kappa shape index (κ2) is 24.1. The number of hydrogen-bond donors (Lipinski definition) is 0. The molecule has 0 radical (unpaired) electrons. The summed E-state index contributed by atoms with van der Waals surface area (Å²) in [6.07, 6.45) is 8.77. The summed E-state index contributed by atoms with van der Waals surface area (Å²) in [6, 6.07) is 126. The SMILES string of the molecule is CC1(C)c2ccccc2N(c2ccc(C3=NC4C=CC=CC4N3c3ccccc3)cc2)c2cc3c4ccccc4n(-c4cc(-c5cccc(-c6cc(-c7ccccc7)cc(-c7ccccc7)c6)c5)cc(-c5cccc(-c6cc(-c7ccccc7)cc(-c7ccccc7)c6)c5)c4)c3cc21. The number of anilines is 4. The highest BCUT2D eigenvalue weighted by molar-refractivity contribution is 6.14. The molecule has 1 aliphatic carbocycles. The van der Waals surface area contributed by atoms with Gasteiger partial charge in [-0.2, -0.15) is 0 Å². The average molecular weight is 1250 g/mol. The maximum absolute atomic E-state index is 5.38. The minimum atomic E-state index is -0.367. The molecule has 464 valence electrons. The number of allylic oxidation sites excluding steroid dienone is 2. The molecule has 2 atom stereocenters. The van der Waals surface area contributed by atoms with E-state index in [1.807, 2.05) is 0 Å². The molecule has 0 bridgehead atoms. The highest BCUT2D eigenvalue weighted by Crippen LogP contribution is 2.54.